The summed E-state index contributed by atoms with van der Waals surface area (Å²) < 4.78 is 10.1. The van der Waals surface area contributed by atoms with Gasteiger partial charge in [0.15, 0.2) is 5.82 Å². The molecule has 100 valence electrons. The summed E-state index contributed by atoms with van der Waals surface area (Å²) in [4.78, 5) is 18.1. The molecule has 1 atom stereocenters. The molecule has 1 aliphatic rings. The number of hydrogen-bond donors (Lipinski definition) is 0. The van der Waals surface area contributed by atoms with Crippen LogP contribution in [0.1, 0.15) is 39.4 Å². The summed E-state index contributed by atoms with van der Waals surface area (Å²) in [6, 6.07) is -0.192. The molecule has 18 heavy (non-hydrogen) atoms. The lowest BCUT2D eigenvalue weighted by atomic mass is 10.1. The van der Waals surface area contributed by atoms with Gasteiger partial charge in [-0.15, -0.1) is 0 Å². The van der Waals surface area contributed by atoms with E-state index in [1.807, 2.05) is 25.7 Å². The number of esters is 1. The Labute approximate surface area is 106 Å². The number of hydrogen-bond acceptors (Lipinski definition) is 6. The fraction of sp³-hybridized carbons (Fsp3) is 0.750. The van der Waals surface area contributed by atoms with Gasteiger partial charge in [-0.05, 0) is 40.2 Å². The molecule has 0 saturated carbocycles. The van der Waals surface area contributed by atoms with Gasteiger partial charge >= 0.3 is 5.97 Å². The molecular formula is C12H19N3O3. The van der Waals surface area contributed by atoms with E-state index >= 15 is 0 Å². The van der Waals surface area contributed by atoms with Gasteiger partial charge in [0, 0.05) is 0 Å². The summed E-state index contributed by atoms with van der Waals surface area (Å²) in [6.45, 7) is 7.02. The van der Waals surface area contributed by atoms with Crippen molar-refractivity contribution in [2.75, 3.05) is 6.54 Å². The highest BCUT2D eigenvalue weighted by Gasteiger charge is 2.34. The van der Waals surface area contributed by atoms with Crippen molar-refractivity contribution < 1.29 is 14.1 Å². The third-order valence-electron chi connectivity index (χ3n) is 2.79. The Morgan fingerprint density at radius 3 is 3.00 bits per heavy atom. The second-order valence-corrected chi connectivity index (χ2v) is 5.51. The molecule has 0 N–H and O–H groups in total. The van der Waals surface area contributed by atoms with Crippen LogP contribution in [-0.4, -0.2) is 39.2 Å². The van der Waals surface area contributed by atoms with Crippen molar-refractivity contribution in [1.82, 2.24) is 15.0 Å². The SMILES string of the molecule is CC(C)(C)OC(=O)[C@@H]1CCCN1Cc1ncon1. The molecule has 1 aromatic rings. The van der Waals surface area contributed by atoms with Crippen molar-refractivity contribution >= 4 is 5.97 Å². The summed E-state index contributed by atoms with van der Waals surface area (Å²) in [5.41, 5.74) is -0.447. The van der Waals surface area contributed by atoms with E-state index in [4.69, 9.17) is 9.26 Å². The third kappa shape index (κ3) is 3.29. The minimum absolute atomic E-state index is 0.163. The van der Waals surface area contributed by atoms with Gasteiger partial charge in [0.2, 0.25) is 6.39 Å². The Balaban J connectivity index is 1.97. The van der Waals surface area contributed by atoms with E-state index in [1.165, 1.54) is 6.39 Å². The first-order valence-electron chi connectivity index (χ1n) is 6.18. The van der Waals surface area contributed by atoms with Gasteiger partial charge in [-0.25, -0.2) is 0 Å². The van der Waals surface area contributed by atoms with Crippen molar-refractivity contribution in [2.45, 2.75) is 51.8 Å². The van der Waals surface area contributed by atoms with Gasteiger partial charge in [-0.1, -0.05) is 5.16 Å². The largest absolute Gasteiger partial charge is 0.459 e. The number of ether oxygens (including phenoxy) is 1. The Kier molecular flexibility index (Phi) is 3.65. The summed E-state index contributed by atoms with van der Waals surface area (Å²) >= 11 is 0. The van der Waals surface area contributed by atoms with Crippen LogP contribution in [-0.2, 0) is 16.1 Å². The fourth-order valence-corrected chi connectivity index (χ4v) is 2.10. The van der Waals surface area contributed by atoms with E-state index in [0.717, 1.165) is 19.4 Å². The topological polar surface area (TPSA) is 68.5 Å². The lowest BCUT2D eigenvalue weighted by Gasteiger charge is -2.26. The molecular weight excluding hydrogens is 234 g/mol. The average Bonchev–Trinajstić information content (AvgIpc) is 2.86. The second-order valence-electron chi connectivity index (χ2n) is 5.51. The van der Waals surface area contributed by atoms with Crippen molar-refractivity contribution in [2.24, 2.45) is 0 Å². The highest BCUT2D eigenvalue weighted by atomic mass is 16.6. The van der Waals surface area contributed by atoms with Crippen molar-refractivity contribution in [3.8, 4) is 0 Å². The van der Waals surface area contributed by atoms with Gasteiger partial charge in [0.05, 0.1) is 6.54 Å². The van der Waals surface area contributed by atoms with Crippen molar-refractivity contribution in [3.63, 3.8) is 0 Å². The standard InChI is InChI=1S/C12H19N3O3/c1-12(2,3)18-11(16)9-5-4-6-15(9)7-10-13-8-17-14-10/h8-9H,4-7H2,1-3H3/t9-/m0/s1. The number of carbonyl (C=O) groups excluding carboxylic acids is 1. The summed E-state index contributed by atoms with van der Waals surface area (Å²) in [7, 11) is 0. The van der Waals surface area contributed by atoms with Gasteiger partial charge in [0.25, 0.3) is 0 Å². The molecule has 0 bridgehead atoms. The smallest absolute Gasteiger partial charge is 0.323 e. The van der Waals surface area contributed by atoms with E-state index in [2.05, 4.69) is 10.1 Å². The summed E-state index contributed by atoms with van der Waals surface area (Å²) in [6.07, 6.45) is 3.11. The molecule has 6 nitrogen and oxygen atoms in total. The molecule has 1 aliphatic heterocycles. The number of likely N-dealkylation sites (tertiary alicyclic amines) is 1. The van der Waals surface area contributed by atoms with Crippen LogP contribution in [0.15, 0.2) is 10.9 Å². The molecule has 0 amide bonds. The molecule has 0 spiro atoms. The van der Waals surface area contributed by atoms with Crippen LogP contribution >= 0.6 is 0 Å². The predicted octanol–water partition coefficient (Wildman–Crippen LogP) is 1.38. The predicted molar refractivity (Wildman–Crippen MR) is 63.6 cm³/mol. The van der Waals surface area contributed by atoms with E-state index in [1.54, 1.807) is 0 Å². The van der Waals surface area contributed by atoms with E-state index in [-0.39, 0.29) is 12.0 Å². The third-order valence-corrected chi connectivity index (χ3v) is 2.79. The van der Waals surface area contributed by atoms with E-state index < -0.39 is 5.60 Å². The number of carbonyl (C=O) groups is 1. The maximum absolute atomic E-state index is 12.1. The molecule has 0 unspecified atom stereocenters. The molecule has 0 radical (unpaired) electrons. The first-order valence-corrected chi connectivity index (χ1v) is 6.18. The van der Waals surface area contributed by atoms with E-state index in [0.29, 0.717) is 12.4 Å². The molecule has 0 aromatic carbocycles. The Morgan fingerprint density at radius 2 is 2.39 bits per heavy atom. The van der Waals surface area contributed by atoms with Crippen LogP contribution in [0.3, 0.4) is 0 Å². The number of aromatic nitrogens is 2. The second kappa shape index (κ2) is 5.06. The zero-order valence-electron chi connectivity index (χ0n) is 11.0. The lowest BCUT2D eigenvalue weighted by Crippen LogP contribution is -2.40. The van der Waals surface area contributed by atoms with Crippen LogP contribution in [0.25, 0.3) is 0 Å². The molecule has 2 heterocycles. The van der Waals surface area contributed by atoms with Crippen LogP contribution in [0, 0.1) is 0 Å². The fourth-order valence-electron chi connectivity index (χ4n) is 2.10. The molecule has 6 heteroatoms. The number of rotatable bonds is 3. The van der Waals surface area contributed by atoms with Crippen LogP contribution in [0.5, 0.6) is 0 Å². The van der Waals surface area contributed by atoms with Gasteiger partial charge < -0.3 is 9.26 Å². The van der Waals surface area contributed by atoms with Crippen LogP contribution < -0.4 is 0 Å². The maximum Gasteiger partial charge on any atom is 0.323 e. The van der Waals surface area contributed by atoms with E-state index in [9.17, 15) is 4.79 Å². The minimum Gasteiger partial charge on any atom is -0.459 e. The first-order chi connectivity index (χ1) is 8.46. The molecule has 0 aliphatic carbocycles. The lowest BCUT2D eigenvalue weighted by molar-refractivity contribution is -0.160. The first kappa shape index (κ1) is 13.0. The average molecular weight is 253 g/mol. The van der Waals surface area contributed by atoms with Crippen molar-refractivity contribution in [1.29, 1.82) is 0 Å². The zero-order valence-corrected chi connectivity index (χ0v) is 11.0. The summed E-state index contributed by atoms with van der Waals surface area (Å²) in [5.74, 6) is 0.439. The highest BCUT2D eigenvalue weighted by Crippen LogP contribution is 2.22. The minimum atomic E-state index is -0.447. The normalized spacial score (nSPS) is 21.2. The number of nitrogens with zero attached hydrogens (tertiary/aromatic N) is 3. The Bertz CT molecular complexity index is 397. The maximum atomic E-state index is 12.1. The van der Waals surface area contributed by atoms with Crippen LogP contribution in [0.4, 0.5) is 0 Å². The zero-order chi connectivity index (χ0) is 13.2. The summed E-state index contributed by atoms with van der Waals surface area (Å²) in [5, 5.41) is 3.77. The monoisotopic (exact) mass is 253 g/mol. The Morgan fingerprint density at radius 1 is 1.61 bits per heavy atom. The molecule has 2 rings (SSSR count). The highest BCUT2D eigenvalue weighted by molar-refractivity contribution is 5.76. The van der Waals surface area contributed by atoms with Crippen molar-refractivity contribution in [3.05, 3.63) is 12.2 Å². The molecule has 1 aromatic heterocycles. The molecule has 1 fully saturated rings. The van der Waals surface area contributed by atoms with Gasteiger partial charge in [0.1, 0.15) is 11.6 Å². The van der Waals surface area contributed by atoms with Crippen LogP contribution in [0.2, 0.25) is 0 Å². The van der Waals surface area contributed by atoms with Gasteiger partial charge in [-0.3, -0.25) is 9.69 Å². The molecule has 1 saturated heterocycles. The Hall–Kier alpha value is -1.43. The van der Waals surface area contributed by atoms with Gasteiger partial charge in [-0.2, -0.15) is 4.98 Å². The quantitative estimate of drug-likeness (QED) is 0.758.